The van der Waals surface area contributed by atoms with Gasteiger partial charge in [0.2, 0.25) is 0 Å². The number of carbonyl (C=O) groups is 2. The van der Waals surface area contributed by atoms with E-state index in [1.807, 2.05) is 0 Å². The number of anilines is 1. The van der Waals surface area contributed by atoms with Gasteiger partial charge in [-0.1, -0.05) is 6.42 Å². The summed E-state index contributed by atoms with van der Waals surface area (Å²) in [6, 6.07) is 3.66. The number of aliphatic carboxylic acids is 1. The topological polar surface area (TPSA) is 69.6 Å². The monoisotopic (exact) mass is 370 g/mol. The zero-order valence-corrected chi connectivity index (χ0v) is 13.4. The molecule has 0 spiro atoms. The molecule has 0 aromatic heterocycles. The molecule has 1 aliphatic carbocycles. The van der Waals surface area contributed by atoms with Crippen molar-refractivity contribution in [3.8, 4) is 0 Å². The lowest BCUT2D eigenvalue weighted by Crippen LogP contribution is -2.38. The highest BCUT2D eigenvalue weighted by atomic mass is 79.9. The second-order valence-corrected chi connectivity index (χ2v) is 6.84. The molecule has 0 unspecified atom stereocenters. The minimum absolute atomic E-state index is 0.0207. The molecule has 118 valence electrons. The first-order valence-corrected chi connectivity index (χ1v) is 7.96. The van der Waals surface area contributed by atoms with Crippen LogP contribution in [-0.4, -0.2) is 35.1 Å². The van der Waals surface area contributed by atoms with Crippen molar-refractivity contribution in [3.63, 3.8) is 0 Å². The van der Waals surface area contributed by atoms with Crippen molar-refractivity contribution in [1.29, 1.82) is 0 Å². The number of benzene rings is 1. The quantitative estimate of drug-likeness (QED) is 0.838. The van der Waals surface area contributed by atoms with E-state index in [2.05, 4.69) is 21.2 Å². The third-order valence-electron chi connectivity index (χ3n) is 4.76. The molecule has 0 radical (unpaired) electrons. The maximum absolute atomic E-state index is 13.1. The number of likely N-dealkylation sites (tertiary alicyclic amines) is 1. The molecule has 1 aromatic rings. The molecule has 1 saturated carbocycles. The van der Waals surface area contributed by atoms with Crippen molar-refractivity contribution in [3.05, 3.63) is 28.5 Å². The Bertz CT molecular complexity index is 639. The minimum atomic E-state index is -0.812. The summed E-state index contributed by atoms with van der Waals surface area (Å²) in [5, 5.41) is 12.2. The average molecular weight is 371 g/mol. The Balaban J connectivity index is 1.73. The van der Waals surface area contributed by atoms with Crippen LogP contribution in [0.3, 0.4) is 0 Å². The molecule has 5 nitrogen and oxygen atoms in total. The fourth-order valence-corrected chi connectivity index (χ4v) is 4.03. The maximum atomic E-state index is 13.1. The molecule has 1 saturated heterocycles. The van der Waals surface area contributed by atoms with E-state index in [0.717, 1.165) is 12.8 Å². The summed E-state index contributed by atoms with van der Waals surface area (Å²) in [4.78, 5) is 25.5. The number of fused-ring (bicyclic) bond motifs is 1. The number of hydrogen-bond donors (Lipinski definition) is 2. The van der Waals surface area contributed by atoms with Gasteiger partial charge in [-0.25, -0.2) is 9.18 Å². The van der Waals surface area contributed by atoms with Gasteiger partial charge in [0, 0.05) is 17.6 Å². The first-order valence-electron chi connectivity index (χ1n) is 7.17. The van der Waals surface area contributed by atoms with Gasteiger partial charge < -0.3 is 15.3 Å². The van der Waals surface area contributed by atoms with Gasteiger partial charge in [0.05, 0.1) is 11.1 Å². The molecule has 2 fully saturated rings. The molecule has 2 aliphatic rings. The Morgan fingerprint density at radius 1 is 1.45 bits per heavy atom. The number of halogens is 2. The van der Waals surface area contributed by atoms with E-state index in [9.17, 15) is 19.1 Å². The molecule has 1 heterocycles. The van der Waals surface area contributed by atoms with Crippen molar-refractivity contribution >= 4 is 33.6 Å². The zero-order valence-electron chi connectivity index (χ0n) is 11.8. The van der Waals surface area contributed by atoms with E-state index in [-0.39, 0.29) is 18.5 Å². The van der Waals surface area contributed by atoms with E-state index < -0.39 is 17.2 Å². The second kappa shape index (κ2) is 5.53. The van der Waals surface area contributed by atoms with Gasteiger partial charge in [-0.2, -0.15) is 0 Å². The van der Waals surface area contributed by atoms with Crippen LogP contribution in [0.25, 0.3) is 0 Å². The smallest absolute Gasteiger partial charge is 0.321 e. The lowest BCUT2D eigenvalue weighted by Gasteiger charge is -2.23. The van der Waals surface area contributed by atoms with Crippen molar-refractivity contribution in [2.75, 3.05) is 18.4 Å². The molecule has 2 atom stereocenters. The largest absolute Gasteiger partial charge is 0.481 e. The predicted molar refractivity (Wildman–Crippen MR) is 82.1 cm³/mol. The number of urea groups is 1. The number of rotatable bonds is 2. The maximum Gasteiger partial charge on any atom is 0.321 e. The van der Waals surface area contributed by atoms with Gasteiger partial charge in [-0.15, -0.1) is 0 Å². The number of amides is 2. The first kappa shape index (κ1) is 15.3. The third kappa shape index (κ3) is 2.47. The van der Waals surface area contributed by atoms with E-state index >= 15 is 0 Å². The number of carboxylic acids is 1. The summed E-state index contributed by atoms with van der Waals surface area (Å²) in [7, 11) is 0. The fraction of sp³-hybridized carbons (Fsp3) is 0.467. The van der Waals surface area contributed by atoms with Crippen LogP contribution in [0.15, 0.2) is 22.7 Å². The molecule has 2 amide bonds. The highest BCUT2D eigenvalue weighted by Gasteiger charge is 2.55. The van der Waals surface area contributed by atoms with Crippen molar-refractivity contribution < 1.29 is 19.1 Å². The standard InChI is InChI=1S/C15H16BrFN2O3/c16-11-6-10(17)3-4-12(11)18-14(22)19-7-9-2-1-5-15(9,8-19)13(20)21/h3-4,6,9H,1-2,5,7-8H2,(H,18,22)(H,20,21)/t9-,15+/m0/s1. The van der Waals surface area contributed by atoms with Crippen LogP contribution >= 0.6 is 15.9 Å². The number of carbonyl (C=O) groups excluding carboxylic acids is 1. The molecule has 2 N–H and O–H groups in total. The number of hydrogen-bond acceptors (Lipinski definition) is 2. The average Bonchev–Trinajstić information content (AvgIpc) is 2.99. The molecular weight excluding hydrogens is 355 g/mol. The number of nitrogens with one attached hydrogen (secondary N) is 1. The van der Waals surface area contributed by atoms with Crippen LogP contribution in [0.4, 0.5) is 14.9 Å². The molecule has 22 heavy (non-hydrogen) atoms. The van der Waals surface area contributed by atoms with Crippen LogP contribution < -0.4 is 5.32 Å². The Labute approximate surface area is 135 Å². The van der Waals surface area contributed by atoms with E-state index in [1.165, 1.54) is 18.2 Å². The fourth-order valence-electron chi connectivity index (χ4n) is 3.58. The molecule has 0 bridgehead atoms. The summed E-state index contributed by atoms with van der Waals surface area (Å²) in [5.41, 5.74) is -0.329. The van der Waals surface area contributed by atoms with Crippen LogP contribution in [-0.2, 0) is 4.79 Å². The summed E-state index contributed by atoms with van der Waals surface area (Å²) in [5.74, 6) is -1.19. The minimum Gasteiger partial charge on any atom is -0.481 e. The van der Waals surface area contributed by atoms with Gasteiger partial charge in [0.1, 0.15) is 5.82 Å². The number of carboxylic acid groups (broad SMARTS) is 1. The van der Waals surface area contributed by atoms with E-state index in [4.69, 9.17) is 0 Å². The molecule has 1 aliphatic heterocycles. The zero-order chi connectivity index (χ0) is 15.9. The van der Waals surface area contributed by atoms with Crippen LogP contribution in [0, 0.1) is 17.2 Å². The van der Waals surface area contributed by atoms with E-state index in [1.54, 1.807) is 4.90 Å². The Kier molecular flexibility index (Phi) is 3.84. The lowest BCUT2D eigenvalue weighted by molar-refractivity contribution is -0.149. The van der Waals surface area contributed by atoms with Crippen LogP contribution in [0.1, 0.15) is 19.3 Å². The summed E-state index contributed by atoms with van der Waals surface area (Å²) < 4.78 is 13.5. The molecule has 1 aromatic carbocycles. The second-order valence-electron chi connectivity index (χ2n) is 5.99. The third-order valence-corrected chi connectivity index (χ3v) is 5.41. The number of nitrogens with zero attached hydrogens (tertiary/aromatic N) is 1. The molecule has 3 rings (SSSR count). The SMILES string of the molecule is O=C(Nc1ccc(F)cc1Br)N1C[C@@H]2CCC[C@@]2(C(=O)O)C1. The Hall–Kier alpha value is -1.63. The van der Waals surface area contributed by atoms with Gasteiger partial charge in [-0.05, 0) is 52.9 Å². The van der Waals surface area contributed by atoms with Crippen molar-refractivity contribution in [1.82, 2.24) is 4.90 Å². The van der Waals surface area contributed by atoms with Gasteiger partial charge in [-0.3, -0.25) is 4.79 Å². The van der Waals surface area contributed by atoms with E-state index in [0.29, 0.717) is 23.1 Å². The Morgan fingerprint density at radius 2 is 2.23 bits per heavy atom. The molecular formula is C15H16BrFN2O3. The van der Waals surface area contributed by atoms with Gasteiger partial charge >= 0.3 is 12.0 Å². The lowest BCUT2D eigenvalue weighted by atomic mass is 9.81. The van der Waals surface area contributed by atoms with Crippen LogP contribution in [0.5, 0.6) is 0 Å². The predicted octanol–water partition coefficient (Wildman–Crippen LogP) is 3.31. The summed E-state index contributed by atoms with van der Waals surface area (Å²) in [6.07, 6.45) is 2.36. The highest BCUT2D eigenvalue weighted by Crippen LogP contribution is 2.49. The Morgan fingerprint density at radius 3 is 2.86 bits per heavy atom. The molecule has 7 heteroatoms. The van der Waals surface area contributed by atoms with Crippen molar-refractivity contribution in [2.24, 2.45) is 11.3 Å². The highest BCUT2D eigenvalue weighted by molar-refractivity contribution is 9.10. The summed E-state index contributed by atoms with van der Waals surface area (Å²) in [6.45, 7) is 0.689. The van der Waals surface area contributed by atoms with Gasteiger partial charge in [0.25, 0.3) is 0 Å². The van der Waals surface area contributed by atoms with Gasteiger partial charge in [0.15, 0.2) is 0 Å². The first-order chi connectivity index (χ1) is 10.4. The van der Waals surface area contributed by atoms with Crippen molar-refractivity contribution in [2.45, 2.75) is 19.3 Å². The normalized spacial score (nSPS) is 26.8. The summed E-state index contributed by atoms with van der Waals surface area (Å²) >= 11 is 3.20. The van der Waals surface area contributed by atoms with Crippen LogP contribution in [0.2, 0.25) is 0 Å².